The van der Waals surface area contributed by atoms with Crippen molar-refractivity contribution in [3.63, 3.8) is 0 Å². The van der Waals surface area contributed by atoms with Crippen molar-refractivity contribution in [1.82, 2.24) is 14.8 Å². The Morgan fingerprint density at radius 2 is 2.18 bits per heavy atom. The van der Waals surface area contributed by atoms with Crippen molar-refractivity contribution < 1.29 is 13.2 Å². The zero-order valence-electron chi connectivity index (χ0n) is 9.66. The average Bonchev–Trinajstić information content (AvgIpc) is 2.98. The number of rotatable bonds is 6. The van der Waals surface area contributed by atoms with Gasteiger partial charge in [0.2, 0.25) is 0 Å². The van der Waals surface area contributed by atoms with E-state index in [9.17, 15) is 8.42 Å². The molecule has 96 valence electrons. The van der Waals surface area contributed by atoms with Crippen LogP contribution in [-0.2, 0) is 21.2 Å². The third-order valence-electron chi connectivity index (χ3n) is 2.58. The lowest BCUT2D eigenvalue weighted by molar-refractivity contribution is 0.148. The second-order valence-electron chi connectivity index (χ2n) is 3.99. The van der Waals surface area contributed by atoms with Crippen molar-refractivity contribution in [2.45, 2.75) is 37.4 Å². The molecule has 1 aromatic rings. The van der Waals surface area contributed by atoms with E-state index in [1.807, 2.05) is 6.92 Å². The van der Waals surface area contributed by atoms with Crippen molar-refractivity contribution in [1.29, 1.82) is 0 Å². The molecule has 0 unspecified atom stereocenters. The molecule has 0 bridgehead atoms. The second kappa shape index (κ2) is 4.71. The van der Waals surface area contributed by atoms with Gasteiger partial charge in [0.05, 0.1) is 6.61 Å². The molecule has 0 amide bonds. The SMILES string of the molecule is CCOCCc1nnc(S(N)(=O)=O)n1C1CC1. The highest BCUT2D eigenvalue weighted by Gasteiger charge is 2.32. The van der Waals surface area contributed by atoms with Gasteiger partial charge in [-0.15, -0.1) is 10.2 Å². The number of ether oxygens (including phenoxy) is 1. The molecule has 0 spiro atoms. The van der Waals surface area contributed by atoms with Crippen LogP contribution >= 0.6 is 0 Å². The van der Waals surface area contributed by atoms with E-state index in [1.165, 1.54) is 0 Å². The predicted molar refractivity (Wildman–Crippen MR) is 59.9 cm³/mol. The van der Waals surface area contributed by atoms with Crippen LogP contribution in [-0.4, -0.2) is 36.4 Å². The minimum absolute atomic E-state index is 0.133. The van der Waals surface area contributed by atoms with Crippen LogP contribution in [0, 0.1) is 0 Å². The smallest absolute Gasteiger partial charge is 0.273 e. The average molecular weight is 260 g/mol. The molecule has 0 radical (unpaired) electrons. The molecule has 1 aliphatic rings. The number of nitrogens with zero attached hydrogens (tertiary/aromatic N) is 3. The first-order valence-electron chi connectivity index (χ1n) is 5.58. The van der Waals surface area contributed by atoms with Crippen LogP contribution in [0.1, 0.15) is 31.6 Å². The summed E-state index contributed by atoms with van der Waals surface area (Å²) in [5, 5.41) is 12.5. The number of sulfonamides is 1. The first-order valence-corrected chi connectivity index (χ1v) is 7.13. The molecule has 0 aromatic carbocycles. The molecule has 1 aliphatic carbocycles. The number of primary sulfonamides is 1. The molecule has 0 saturated heterocycles. The molecule has 1 saturated carbocycles. The molecule has 0 aliphatic heterocycles. The molecule has 2 rings (SSSR count). The van der Waals surface area contributed by atoms with E-state index in [0.29, 0.717) is 25.5 Å². The first kappa shape index (κ1) is 12.5. The van der Waals surface area contributed by atoms with E-state index >= 15 is 0 Å². The van der Waals surface area contributed by atoms with Crippen LogP contribution in [0.15, 0.2) is 5.16 Å². The molecular weight excluding hydrogens is 244 g/mol. The summed E-state index contributed by atoms with van der Waals surface area (Å²) in [5.41, 5.74) is 0. The summed E-state index contributed by atoms with van der Waals surface area (Å²) in [6.45, 7) is 3.03. The fourth-order valence-corrected chi connectivity index (χ4v) is 2.36. The predicted octanol–water partition coefficient (Wildman–Crippen LogP) is -0.161. The van der Waals surface area contributed by atoms with Crippen LogP contribution in [0.3, 0.4) is 0 Å². The van der Waals surface area contributed by atoms with Gasteiger partial charge in [0.1, 0.15) is 5.82 Å². The van der Waals surface area contributed by atoms with E-state index in [2.05, 4.69) is 10.2 Å². The van der Waals surface area contributed by atoms with Gasteiger partial charge in [-0.05, 0) is 19.8 Å². The van der Waals surface area contributed by atoms with E-state index < -0.39 is 10.0 Å². The number of aromatic nitrogens is 3. The van der Waals surface area contributed by atoms with Gasteiger partial charge in [-0.2, -0.15) is 0 Å². The van der Waals surface area contributed by atoms with Crippen molar-refractivity contribution in [3.8, 4) is 0 Å². The van der Waals surface area contributed by atoms with Crippen molar-refractivity contribution in [2.75, 3.05) is 13.2 Å². The highest BCUT2D eigenvalue weighted by molar-refractivity contribution is 7.89. The van der Waals surface area contributed by atoms with Crippen molar-refractivity contribution in [2.24, 2.45) is 5.14 Å². The molecule has 7 nitrogen and oxygen atoms in total. The summed E-state index contributed by atoms with van der Waals surface area (Å²) in [5.74, 6) is 0.630. The Kier molecular flexibility index (Phi) is 3.45. The quantitative estimate of drug-likeness (QED) is 0.716. The van der Waals surface area contributed by atoms with E-state index in [-0.39, 0.29) is 11.2 Å². The van der Waals surface area contributed by atoms with Crippen LogP contribution in [0.2, 0.25) is 0 Å². The summed E-state index contributed by atoms with van der Waals surface area (Å²) in [6, 6.07) is 0.176. The fourth-order valence-electron chi connectivity index (χ4n) is 1.68. The lowest BCUT2D eigenvalue weighted by atomic mass is 10.4. The van der Waals surface area contributed by atoms with Gasteiger partial charge < -0.3 is 4.74 Å². The Balaban J connectivity index is 2.24. The summed E-state index contributed by atoms with van der Waals surface area (Å²) in [6.07, 6.45) is 2.44. The van der Waals surface area contributed by atoms with Gasteiger partial charge in [-0.1, -0.05) is 0 Å². The zero-order chi connectivity index (χ0) is 12.5. The zero-order valence-corrected chi connectivity index (χ0v) is 10.5. The van der Waals surface area contributed by atoms with Crippen molar-refractivity contribution >= 4 is 10.0 Å². The molecule has 1 aromatic heterocycles. The summed E-state index contributed by atoms with van der Waals surface area (Å²) < 4.78 is 29.6. The summed E-state index contributed by atoms with van der Waals surface area (Å²) in [4.78, 5) is 0. The maximum atomic E-state index is 11.4. The monoisotopic (exact) mass is 260 g/mol. The fraction of sp³-hybridized carbons (Fsp3) is 0.778. The van der Waals surface area contributed by atoms with E-state index in [4.69, 9.17) is 9.88 Å². The number of nitrogens with two attached hydrogens (primary N) is 1. The van der Waals surface area contributed by atoms with Gasteiger partial charge >= 0.3 is 0 Å². The highest BCUT2D eigenvalue weighted by Crippen LogP contribution is 2.37. The summed E-state index contributed by atoms with van der Waals surface area (Å²) >= 11 is 0. The van der Waals surface area contributed by atoms with E-state index in [1.54, 1.807) is 4.57 Å². The minimum Gasteiger partial charge on any atom is -0.381 e. The molecule has 2 N–H and O–H groups in total. The van der Waals surface area contributed by atoms with Crippen LogP contribution < -0.4 is 5.14 Å². The summed E-state index contributed by atoms with van der Waals surface area (Å²) in [7, 11) is -3.80. The van der Waals surface area contributed by atoms with Crippen LogP contribution in [0.4, 0.5) is 0 Å². The third-order valence-corrected chi connectivity index (χ3v) is 3.36. The number of hydrogen-bond acceptors (Lipinski definition) is 5. The van der Waals surface area contributed by atoms with Gasteiger partial charge in [0.25, 0.3) is 15.2 Å². The molecule has 1 heterocycles. The lowest BCUT2D eigenvalue weighted by Crippen LogP contribution is -2.19. The third kappa shape index (κ3) is 2.82. The largest absolute Gasteiger partial charge is 0.381 e. The Morgan fingerprint density at radius 3 is 2.71 bits per heavy atom. The maximum Gasteiger partial charge on any atom is 0.273 e. The molecule has 17 heavy (non-hydrogen) atoms. The maximum absolute atomic E-state index is 11.4. The van der Waals surface area contributed by atoms with Gasteiger partial charge in [0, 0.05) is 19.1 Å². The Morgan fingerprint density at radius 1 is 1.47 bits per heavy atom. The molecule has 1 fully saturated rings. The van der Waals surface area contributed by atoms with Gasteiger partial charge in [-0.25, -0.2) is 13.6 Å². The Hall–Kier alpha value is -0.990. The topological polar surface area (TPSA) is 100 Å². The first-order chi connectivity index (χ1) is 8.04. The van der Waals surface area contributed by atoms with Gasteiger partial charge in [0.15, 0.2) is 0 Å². The minimum atomic E-state index is -3.80. The van der Waals surface area contributed by atoms with E-state index in [0.717, 1.165) is 12.8 Å². The Bertz CT molecular complexity index is 492. The Labute approximate surface area is 100 Å². The lowest BCUT2D eigenvalue weighted by Gasteiger charge is -2.07. The second-order valence-corrected chi connectivity index (χ2v) is 5.45. The standard InChI is InChI=1S/C9H16N4O3S/c1-2-16-6-5-8-11-12-9(17(10,14)15)13(8)7-3-4-7/h7H,2-6H2,1H3,(H2,10,14,15). The van der Waals surface area contributed by atoms with Crippen LogP contribution in [0.5, 0.6) is 0 Å². The molecule has 8 heteroatoms. The number of hydrogen-bond donors (Lipinski definition) is 1. The van der Waals surface area contributed by atoms with Gasteiger partial charge in [-0.3, -0.25) is 4.57 Å². The molecule has 0 atom stereocenters. The van der Waals surface area contributed by atoms with Crippen molar-refractivity contribution in [3.05, 3.63) is 5.82 Å². The molecular formula is C9H16N4O3S. The highest BCUT2D eigenvalue weighted by atomic mass is 32.2. The normalized spacial score (nSPS) is 16.4. The van der Waals surface area contributed by atoms with Crippen LogP contribution in [0.25, 0.3) is 0 Å².